The summed E-state index contributed by atoms with van der Waals surface area (Å²) in [7, 11) is -3.53. The van der Waals surface area contributed by atoms with Gasteiger partial charge in [0.1, 0.15) is 16.3 Å². The molecule has 1 heterocycles. The van der Waals surface area contributed by atoms with E-state index in [1.807, 2.05) is 6.92 Å². The lowest BCUT2D eigenvalue weighted by atomic mass is 10.2. The average molecular weight is 350 g/mol. The van der Waals surface area contributed by atoms with Crippen LogP contribution >= 0.6 is 15.9 Å². The fraction of sp³-hybridized carbons (Fsp3) is 0.400. The SMILES string of the molecule is CC(CBr)CNS(=O)(=O)c1cccc2c1N=S=N2. The zero-order chi connectivity index (χ0) is 13.2. The second kappa shape index (κ2) is 5.60. The van der Waals surface area contributed by atoms with Crippen molar-refractivity contribution in [3.8, 4) is 0 Å². The van der Waals surface area contributed by atoms with E-state index in [0.717, 1.165) is 16.7 Å². The molecule has 0 aromatic heterocycles. The Morgan fingerprint density at radius 1 is 1.44 bits per heavy atom. The first-order chi connectivity index (χ1) is 8.54. The molecule has 0 aliphatic carbocycles. The molecule has 1 aliphatic rings. The number of hydrogen-bond donors (Lipinski definition) is 1. The third kappa shape index (κ3) is 2.87. The van der Waals surface area contributed by atoms with Crippen LogP contribution in [0.15, 0.2) is 31.8 Å². The maximum Gasteiger partial charge on any atom is 0.242 e. The van der Waals surface area contributed by atoms with Gasteiger partial charge in [0.2, 0.25) is 10.0 Å². The molecular formula is C10H12BrN3O2S2. The Labute approximate surface area is 118 Å². The molecule has 5 nitrogen and oxygen atoms in total. The third-order valence-corrected chi connectivity index (χ3v) is 5.53. The number of nitrogens with zero attached hydrogens (tertiary/aromatic N) is 2. The number of benzene rings is 1. The second-order valence-electron chi connectivity index (χ2n) is 4.00. The smallest absolute Gasteiger partial charge is 0.211 e. The quantitative estimate of drug-likeness (QED) is 0.843. The topological polar surface area (TPSA) is 70.9 Å². The van der Waals surface area contributed by atoms with Crippen LogP contribution < -0.4 is 4.72 Å². The lowest BCUT2D eigenvalue weighted by molar-refractivity contribution is 0.563. The molecule has 1 aromatic rings. The van der Waals surface area contributed by atoms with Crippen LogP contribution in [0.2, 0.25) is 0 Å². The van der Waals surface area contributed by atoms with Gasteiger partial charge in [-0.05, 0) is 18.1 Å². The van der Waals surface area contributed by atoms with Crippen LogP contribution in [0.1, 0.15) is 6.92 Å². The molecule has 8 heteroatoms. The van der Waals surface area contributed by atoms with Crippen molar-refractivity contribution in [3.05, 3.63) is 18.2 Å². The molecule has 0 radical (unpaired) electrons. The van der Waals surface area contributed by atoms with E-state index in [0.29, 0.717) is 17.9 Å². The summed E-state index contributed by atoms with van der Waals surface area (Å²) >= 11 is 4.33. The van der Waals surface area contributed by atoms with Crippen LogP contribution in [0.5, 0.6) is 0 Å². The van der Waals surface area contributed by atoms with Crippen molar-refractivity contribution in [2.75, 3.05) is 11.9 Å². The van der Waals surface area contributed by atoms with Gasteiger partial charge in [-0.2, -0.15) is 8.73 Å². The zero-order valence-corrected chi connectivity index (χ0v) is 12.8. The number of alkyl halides is 1. The summed E-state index contributed by atoms with van der Waals surface area (Å²) in [5.74, 6) is 0.229. The molecule has 0 amide bonds. The maximum atomic E-state index is 12.2. The van der Waals surface area contributed by atoms with Crippen LogP contribution in [0, 0.1) is 5.92 Å². The molecule has 0 bridgehead atoms. The molecule has 18 heavy (non-hydrogen) atoms. The number of sulfonamides is 1. The Morgan fingerprint density at radius 2 is 2.22 bits per heavy atom. The Bertz CT molecular complexity index is 624. The highest BCUT2D eigenvalue weighted by Crippen LogP contribution is 2.37. The molecule has 0 fully saturated rings. The first kappa shape index (κ1) is 13.9. The molecule has 98 valence electrons. The van der Waals surface area contributed by atoms with E-state index in [1.54, 1.807) is 18.2 Å². The summed E-state index contributed by atoms with van der Waals surface area (Å²) in [5, 5.41) is 0.748. The second-order valence-corrected chi connectivity index (χ2v) is 6.91. The minimum atomic E-state index is -3.53. The minimum Gasteiger partial charge on any atom is -0.211 e. The highest BCUT2D eigenvalue weighted by molar-refractivity contribution is 9.09. The summed E-state index contributed by atoms with van der Waals surface area (Å²) in [6, 6.07) is 4.97. The molecule has 1 atom stereocenters. The van der Waals surface area contributed by atoms with Gasteiger partial charge in [0.05, 0.1) is 11.4 Å². The summed E-state index contributed by atoms with van der Waals surface area (Å²) < 4.78 is 35.0. The van der Waals surface area contributed by atoms with Crippen molar-refractivity contribution in [2.45, 2.75) is 11.8 Å². The molecule has 2 rings (SSSR count). The van der Waals surface area contributed by atoms with Gasteiger partial charge < -0.3 is 0 Å². The molecule has 0 spiro atoms. The van der Waals surface area contributed by atoms with Crippen LogP contribution in [-0.4, -0.2) is 20.3 Å². The maximum absolute atomic E-state index is 12.2. The molecule has 1 aromatic carbocycles. The van der Waals surface area contributed by atoms with Crippen molar-refractivity contribution in [1.82, 2.24) is 4.72 Å². The fourth-order valence-corrected chi connectivity index (χ4v) is 3.54. The van der Waals surface area contributed by atoms with E-state index in [4.69, 9.17) is 0 Å². The largest absolute Gasteiger partial charge is 0.242 e. The lowest BCUT2D eigenvalue weighted by Gasteiger charge is -2.11. The van der Waals surface area contributed by atoms with Crippen molar-refractivity contribution in [1.29, 1.82) is 0 Å². The van der Waals surface area contributed by atoms with Crippen LogP contribution in [-0.2, 0) is 21.4 Å². The minimum absolute atomic E-state index is 0.190. The number of hydrogen-bond acceptors (Lipinski definition) is 4. The van der Waals surface area contributed by atoms with E-state index in [2.05, 4.69) is 29.4 Å². The van der Waals surface area contributed by atoms with Gasteiger partial charge >= 0.3 is 0 Å². The van der Waals surface area contributed by atoms with E-state index >= 15 is 0 Å². The van der Waals surface area contributed by atoms with Gasteiger partial charge in [0, 0.05) is 11.9 Å². The summed E-state index contributed by atoms with van der Waals surface area (Å²) in [5.41, 5.74) is 1.04. The van der Waals surface area contributed by atoms with E-state index in [-0.39, 0.29) is 10.8 Å². The van der Waals surface area contributed by atoms with E-state index in [9.17, 15) is 8.42 Å². The molecule has 1 N–H and O–H groups in total. The monoisotopic (exact) mass is 349 g/mol. The number of fused-ring (bicyclic) bond motifs is 1. The Hall–Kier alpha value is -0.570. The molecule has 1 aliphatic heterocycles. The molecule has 1 unspecified atom stereocenters. The van der Waals surface area contributed by atoms with Crippen molar-refractivity contribution < 1.29 is 8.42 Å². The van der Waals surface area contributed by atoms with Gasteiger partial charge in [-0.1, -0.05) is 28.9 Å². The normalized spacial score (nSPS) is 15.2. The number of halogens is 1. The number of nitrogens with one attached hydrogen (secondary N) is 1. The Balaban J connectivity index is 2.27. The van der Waals surface area contributed by atoms with Crippen molar-refractivity contribution in [3.63, 3.8) is 0 Å². The zero-order valence-electron chi connectivity index (χ0n) is 9.63. The van der Waals surface area contributed by atoms with Crippen molar-refractivity contribution >= 4 is 48.7 Å². The summed E-state index contributed by atoms with van der Waals surface area (Å²) in [4.78, 5) is 0.190. The van der Waals surface area contributed by atoms with E-state index in [1.165, 1.54) is 0 Å². The Morgan fingerprint density at radius 3 is 2.94 bits per heavy atom. The lowest BCUT2D eigenvalue weighted by Crippen LogP contribution is -2.29. The highest BCUT2D eigenvalue weighted by atomic mass is 79.9. The van der Waals surface area contributed by atoms with Crippen LogP contribution in [0.25, 0.3) is 0 Å². The van der Waals surface area contributed by atoms with Crippen LogP contribution in [0.3, 0.4) is 0 Å². The van der Waals surface area contributed by atoms with Crippen molar-refractivity contribution in [2.24, 2.45) is 14.6 Å². The Kier molecular flexibility index (Phi) is 4.31. The summed E-state index contributed by atoms with van der Waals surface area (Å²) in [6.45, 7) is 2.35. The first-order valence-electron chi connectivity index (χ1n) is 5.31. The van der Waals surface area contributed by atoms with Gasteiger partial charge in [-0.25, -0.2) is 13.1 Å². The van der Waals surface area contributed by atoms with Gasteiger partial charge in [0.15, 0.2) is 0 Å². The standard InChI is InChI=1S/C10H12BrN3O2S2/c1-7(5-11)6-12-18(15,16)9-4-2-3-8-10(9)14-17-13-8/h2-4,7,12H,5-6H2,1H3. The highest BCUT2D eigenvalue weighted by Gasteiger charge is 2.22. The van der Waals surface area contributed by atoms with Gasteiger partial charge in [-0.15, -0.1) is 0 Å². The molecule has 0 saturated heterocycles. The third-order valence-electron chi connectivity index (χ3n) is 2.42. The average Bonchev–Trinajstić information content (AvgIpc) is 2.83. The van der Waals surface area contributed by atoms with Gasteiger partial charge in [-0.3, -0.25) is 0 Å². The first-order valence-corrected chi connectivity index (χ1v) is 8.65. The van der Waals surface area contributed by atoms with E-state index < -0.39 is 10.0 Å². The van der Waals surface area contributed by atoms with Gasteiger partial charge in [0.25, 0.3) is 0 Å². The number of rotatable bonds is 5. The molecular weight excluding hydrogens is 338 g/mol. The molecule has 0 saturated carbocycles. The summed E-state index contributed by atoms with van der Waals surface area (Å²) in [6.07, 6.45) is 0. The fourth-order valence-electron chi connectivity index (χ4n) is 1.38. The predicted molar refractivity (Wildman–Crippen MR) is 76.1 cm³/mol. The van der Waals surface area contributed by atoms with Crippen LogP contribution in [0.4, 0.5) is 11.4 Å². The predicted octanol–water partition coefficient (Wildman–Crippen LogP) is 2.72.